The van der Waals surface area contributed by atoms with E-state index in [1.165, 1.54) is 7.11 Å². The Labute approximate surface area is 117 Å². The molecule has 2 heterocycles. The summed E-state index contributed by atoms with van der Waals surface area (Å²) in [5.41, 5.74) is 1.71. The normalized spacial score (nSPS) is 10.2. The number of carbonyl (C=O) groups excluding carboxylic acids is 1. The molecule has 0 aliphatic rings. The van der Waals surface area contributed by atoms with Gasteiger partial charge in [0.05, 0.1) is 19.3 Å². The molecule has 20 heavy (non-hydrogen) atoms. The van der Waals surface area contributed by atoms with Crippen molar-refractivity contribution >= 4 is 11.8 Å². The van der Waals surface area contributed by atoms with E-state index in [4.69, 9.17) is 4.74 Å². The van der Waals surface area contributed by atoms with Crippen molar-refractivity contribution in [3.05, 3.63) is 35.8 Å². The zero-order valence-electron chi connectivity index (χ0n) is 11.7. The topological polar surface area (TPSA) is 81.1 Å². The van der Waals surface area contributed by atoms with Gasteiger partial charge in [-0.25, -0.2) is 9.78 Å². The third-order valence-electron chi connectivity index (χ3n) is 2.80. The van der Waals surface area contributed by atoms with Crippen molar-refractivity contribution in [2.45, 2.75) is 13.5 Å². The lowest BCUT2D eigenvalue weighted by molar-refractivity contribution is 0.251. The molecule has 2 rings (SSSR count). The number of aryl methyl sites for hydroxylation is 2. The monoisotopic (exact) mass is 275 g/mol. The van der Waals surface area contributed by atoms with Gasteiger partial charge in [0.15, 0.2) is 11.6 Å². The van der Waals surface area contributed by atoms with E-state index in [1.54, 1.807) is 16.9 Å². The molecule has 2 aromatic rings. The third kappa shape index (κ3) is 3.25. The van der Waals surface area contributed by atoms with Crippen LogP contribution in [-0.2, 0) is 13.6 Å². The number of anilines is 1. The molecule has 0 aliphatic heterocycles. The van der Waals surface area contributed by atoms with Crippen LogP contribution in [0.1, 0.15) is 11.4 Å². The van der Waals surface area contributed by atoms with E-state index in [0.29, 0.717) is 18.1 Å². The Kier molecular flexibility index (Phi) is 4.19. The van der Waals surface area contributed by atoms with Crippen LogP contribution in [0.5, 0.6) is 5.75 Å². The maximum absolute atomic E-state index is 11.9. The summed E-state index contributed by atoms with van der Waals surface area (Å²) in [6.07, 6.45) is 1.68. The minimum Gasteiger partial charge on any atom is -0.493 e. The summed E-state index contributed by atoms with van der Waals surface area (Å²) in [4.78, 5) is 16.1. The molecule has 0 fully saturated rings. The molecule has 0 aliphatic carbocycles. The number of rotatable bonds is 4. The first-order valence-electron chi connectivity index (χ1n) is 6.13. The van der Waals surface area contributed by atoms with Gasteiger partial charge in [-0.15, -0.1) is 0 Å². The van der Waals surface area contributed by atoms with Crippen molar-refractivity contribution in [2.24, 2.45) is 7.05 Å². The molecule has 0 bridgehead atoms. The number of hydrogen-bond donors (Lipinski definition) is 2. The Morgan fingerprint density at radius 2 is 2.20 bits per heavy atom. The largest absolute Gasteiger partial charge is 0.493 e. The lowest BCUT2D eigenvalue weighted by Crippen LogP contribution is -2.29. The first-order chi connectivity index (χ1) is 9.60. The van der Waals surface area contributed by atoms with Crippen molar-refractivity contribution in [1.82, 2.24) is 20.1 Å². The van der Waals surface area contributed by atoms with Crippen molar-refractivity contribution in [3.8, 4) is 5.75 Å². The summed E-state index contributed by atoms with van der Waals surface area (Å²) in [6, 6.07) is 5.07. The number of nitrogens with one attached hydrogen (secondary N) is 2. The second kappa shape index (κ2) is 6.05. The molecule has 0 spiro atoms. The number of amides is 2. The van der Waals surface area contributed by atoms with Crippen LogP contribution in [-0.4, -0.2) is 27.9 Å². The van der Waals surface area contributed by atoms with E-state index in [0.717, 1.165) is 11.4 Å². The van der Waals surface area contributed by atoms with Gasteiger partial charge >= 0.3 is 6.03 Å². The van der Waals surface area contributed by atoms with Gasteiger partial charge < -0.3 is 10.1 Å². The smallest absolute Gasteiger partial charge is 0.320 e. The number of methoxy groups -OCH3 is 1. The van der Waals surface area contributed by atoms with E-state index in [1.807, 2.05) is 26.1 Å². The second-order valence-electron chi connectivity index (χ2n) is 4.26. The maximum atomic E-state index is 11.9. The van der Waals surface area contributed by atoms with E-state index in [9.17, 15) is 4.79 Å². The van der Waals surface area contributed by atoms with Gasteiger partial charge in [-0.1, -0.05) is 0 Å². The molecule has 0 aromatic carbocycles. The Hall–Kier alpha value is -2.57. The van der Waals surface area contributed by atoms with Crippen LogP contribution in [0.4, 0.5) is 10.6 Å². The van der Waals surface area contributed by atoms with Crippen LogP contribution in [0, 0.1) is 6.92 Å². The van der Waals surface area contributed by atoms with Gasteiger partial charge in [-0.3, -0.25) is 10.00 Å². The third-order valence-corrected chi connectivity index (χ3v) is 2.80. The predicted molar refractivity (Wildman–Crippen MR) is 74.6 cm³/mol. The number of hydrogen-bond acceptors (Lipinski definition) is 4. The fourth-order valence-electron chi connectivity index (χ4n) is 1.70. The standard InChI is InChI=1S/C13H17N5O2/c1-9-4-5-11(20-3)12(16-9)17-13(19)14-8-10-6-7-15-18(10)2/h4-7H,8H2,1-3H3,(H2,14,16,17,19). The molecule has 0 unspecified atom stereocenters. The van der Waals surface area contributed by atoms with Gasteiger partial charge in [-0.2, -0.15) is 5.10 Å². The average molecular weight is 275 g/mol. The Bertz CT molecular complexity index is 609. The molecule has 2 N–H and O–H groups in total. The van der Waals surface area contributed by atoms with E-state index < -0.39 is 0 Å². The van der Waals surface area contributed by atoms with Gasteiger partial charge in [-0.05, 0) is 25.1 Å². The summed E-state index contributed by atoms with van der Waals surface area (Å²) in [5, 5.41) is 9.44. The molecule has 0 saturated heterocycles. The van der Waals surface area contributed by atoms with Crippen LogP contribution in [0.3, 0.4) is 0 Å². The van der Waals surface area contributed by atoms with Crippen molar-refractivity contribution in [3.63, 3.8) is 0 Å². The van der Waals surface area contributed by atoms with Crippen molar-refractivity contribution in [2.75, 3.05) is 12.4 Å². The summed E-state index contributed by atoms with van der Waals surface area (Å²) >= 11 is 0. The van der Waals surface area contributed by atoms with Crippen LogP contribution in [0.15, 0.2) is 24.4 Å². The zero-order chi connectivity index (χ0) is 14.5. The molecule has 0 radical (unpaired) electrons. The van der Waals surface area contributed by atoms with Crippen LogP contribution in [0.25, 0.3) is 0 Å². The molecule has 0 atom stereocenters. The zero-order valence-corrected chi connectivity index (χ0v) is 11.7. The predicted octanol–water partition coefficient (Wildman–Crippen LogP) is 1.45. The summed E-state index contributed by atoms with van der Waals surface area (Å²) < 4.78 is 6.85. The van der Waals surface area contributed by atoms with Crippen molar-refractivity contribution in [1.29, 1.82) is 0 Å². The lowest BCUT2D eigenvalue weighted by atomic mass is 10.3. The van der Waals surface area contributed by atoms with E-state index in [-0.39, 0.29) is 6.03 Å². The Balaban J connectivity index is 1.98. The summed E-state index contributed by atoms with van der Waals surface area (Å²) in [6.45, 7) is 2.23. The Morgan fingerprint density at radius 1 is 1.40 bits per heavy atom. The quantitative estimate of drug-likeness (QED) is 0.885. The van der Waals surface area contributed by atoms with Gasteiger partial charge in [0.1, 0.15) is 0 Å². The number of nitrogens with zero attached hydrogens (tertiary/aromatic N) is 3. The van der Waals surface area contributed by atoms with Gasteiger partial charge in [0.2, 0.25) is 0 Å². The number of urea groups is 1. The highest BCUT2D eigenvalue weighted by Crippen LogP contribution is 2.21. The summed E-state index contributed by atoms with van der Waals surface area (Å²) in [7, 11) is 3.35. The van der Waals surface area contributed by atoms with E-state index in [2.05, 4.69) is 20.7 Å². The highest BCUT2D eigenvalue weighted by atomic mass is 16.5. The fraction of sp³-hybridized carbons (Fsp3) is 0.308. The molecule has 0 saturated carbocycles. The average Bonchev–Trinajstić information content (AvgIpc) is 2.82. The van der Waals surface area contributed by atoms with E-state index >= 15 is 0 Å². The van der Waals surface area contributed by atoms with Crippen molar-refractivity contribution < 1.29 is 9.53 Å². The minimum atomic E-state index is -0.345. The van der Waals surface area contributed by atoms with Crippen LogP contribution < -0.4 is 15.4 Å². The second-order valence-corrected chi connectivity index (χ2v) is 4.26. The molecule has 2 aromatic heterocycles. The number of pyridine rings is 1. The molecule has 2 amide bonds. The van der Waals surface area contributed by atoms with Gasteiger partial charge in [0.25, 0.3) is 0 Å². The minimum absolute atomic E-state index is 0.345. The molecular formula is C13H17N5O2. The van der Waals surface area contributed by atoms with Gasteiger partial charge in [0, 0.05) is 18.9 Å². The number of ether oxygens (including phenoxy) is 1. The summed E-state index contributed by atoms with van der Waals surface area (Å²) in [5.74, 6) is 0.918. The first kappa shape index (κ1) is 13.9. The molecule has 106 valence electrons. The van der Waals surface area contributed by atoms with Crippen LogP contribution >= 0.6 is 0 Å². The maximum Gasteiger partial charge on any atom is 0.320 e. The Morgan fingerprint density at radius 3 is 2.85 bits per heavy atom. The highest BCUT2D eigenvalue weighted by Gasteiger charge is 2.09. The molecule has 7 heteroatoms. The number of aromatic nitrogens is 3. The lowest BCUT2D eigenvalue weighted by Gasteiger charge is -2.11. The fourth-order valence-corrected chi connectivity index (χ4v) is 1.70. The SMILES string of the molecule is COc1ccc(C)nc1NC(=O)NCc1ccnn1C. The molecule has 7 nitrogen and oxygen atoms in total. The molecular weight excluding hydrogens is 258 g/mol. The number of carbonyl (C=O) groups is 1. The highest BCUT2D eigenvalue weighted by molar-refractivity contribution is 5.89. The van der Waals surface area contributed by atoms with Crippen LogP contribution in [0.2, 0.25) is 0 Å². The first-order valence-corrected chi connectivity index (χ1v) is 6.13.